The molecule has 5 atom stereocenters. The molecule has 0 saturated heterocycles. The second-order valence-electron chi connectivity index (χ2n) is 15.5. The predicted octanol–water partition coefficient (Wildman–Crippen LogP) is 9.09. The van der Waals surface area contributed by atoms with E-state index in [2.05, 4.69) is 140 Å². The molecule has 2 aromatic carbocycles. The van der Waals surface area contributed by atoms with Gasteiger partial charge in [0.1, 0.15) is 0 Å². The van der Waals surface area contributed by atoms with Gasteiger partial charge < -0.3 is 9.53 Å². The third kappa shape index (κ3) is 6.30. The summed E-state index contributed by atoms with van der Waals surface area (Å²) in [5.41, 5.74) is -0.242. The highest BCUT2D eigenvalue weighted by Gasteiger charge is 2.60. The molecule has 0 unspecified atom stereocenters. The Labute approximate surface area is 258 Å². The Morgan fingerprint density at radius 2 is 1.52 bits per heavy atom. The van der Waals surface area contributed by atoms with Crippen LogP contribution < -0.4 is 10.4 Å². The third-order valence-corrected chi connectivity index (χ3v) is 16.3. The fraction of sp³-hybridized carbons (Fsp3) is 0.590. The van der Waals surface area contributed by atoms with Crippen molar-refractivity contribution in [2.75, 3.05) is 6.61 Å². The molecule has 230 valence electrons. The van der Waals surface area contributed by atoms with Gasteiger partial charge in [-0.2, -0.15) is 0 Å². The van der Waals surface area contributed by atoms with E-state index in [-0.39, 0.29) is 10.5 Å². The van der Waals surface area contributed by atoms with Crippen molar-refractivity contribution in [1.29, 1.82) is 0 Å². The van der Waals surface area contributed by atoms with Gasteiger partial charge in [0.05, 0.1) is 5.60 Å². The smallest absolute Gasteiger partial charge is 0.261 e. The van der Waals surface area contributed by atoms with Crippen LogP contribution in [0.4, 0.5) is 0 Å². The topological polar surface area (TPSA) is 29.5 Å². The van der Waals surface area contributed by atoms with Crippen LogP contribution in [0.2, 0.25) is 5.04 Å². The van der Waals surface area contributed by atoms with Crippen LogP contribution in [0.3, 0.4) is 0 Å². The molecule has 0 radical (unpaired) electrons. The average Bonchev–Trinajstić information content (AvgIpc) is 2.94. The van der Waals surface area contributed by atoms with Crippen molar-refractivity contribution in [3.05, 3.63) is 85.0 Å². The fourth-order valence-electron chi connectivity index (χ4n) is 8.91. The number of aliphatic hydroxyl groups is 1. The average molecular weight is 587 g/mol. The Balaban J connectivity index is 1.41. The first-order valence-electron chi connectivity index (χ1n) is 16.6. The lowest BCUT2D eigenvalue weighted by atomic mass is 9.44. The molecule has 0 amide bonds. The molecule has 2 fully saturated rings. The molecular formula is C39H58O2Si. The van der Waals surface area contributed by atoms with Gasteiger partial charge in [0.15, 0.2) is 0 Å². The van der Waals surface area contributed by atoms with E-state index < -0.39 is 13.9 Å². The highest BCUT2D eigenvalue weighted by molar-refractivity contribution is 6.99. The van der Waals surface area contributed by atoms with Crippen molar-refractivity contribution < 1.29 is 9.53 Å². The van der Waals surface area contributed by atoms with Gasteiger partial charge >= 0.3 is 0 Å². The monoisotopic (exact) mass is 586 g/mol. The zero-order chi connectivity index (χ0) is 30.7. The largest absolute Gasteiger partial charge is 0.407 e. The molecule has 1 N–H and O–H groups in total. The van der Waals surface area contributed by atoms with Gasteiger partial charge in [0, 0.05) is 6.61 Å². The number of fused-ring (bicyclic) bond motifs is 1. The maximum atomic E-state index is 12.2. The van der Waals surface area contributed by atoms with Gasteiger partial charge in [-0.15, -0.1) is 0 Å². The lowest BCUT2D eigenvalue weighted by Crippen LogP contribution is -2.66. The summed E-state index contributed by atoms with van der Waals surface area (Å²) in [6, 6.07) is 21.8. The minimum atomic E-state index is -2.52. The minimum Gasteiger partial charge on any atom is -0.407 e. The van der Waals surface area contributed by atoms with Crippen molar-refractivity contribution in [3.63, 3.8) is 0 Å². The summed E-state index contributed by atoms with van der Waals surface area (Å²) >= 11 is 0. The van der Waals surface area contributed by atoms with E-state index >= 15 is 0 Å². The van der Waals surface area contributed by atoms with E-state index in [0.29, 0.717) is 29.8 Å². The van der Waals surface area contributed by atoms with Crippen molar-refractivity contribution in [3.8, 4) is 0 Å². The number of hydrogen-bond donors (Lipinski definition) is 1. The summed E-state index contributed by atoms with van der Waals surface area (Å²) in [5, 5.41) is 14.8. The van der Waals surface area contributed by atoms with Crippen LogP contribution in [0.25, 0.3) is 0 Å². The summed E-state index contributed by atoms with van der Waals surface area (Å²) in [7, 11) is -2.52. The lowest BCUT2D eigenvalue weighted by Gasteiger charge is -2.63. The molecule has 2 aliphatic carbocycles. The molecule has 42 heavy (non-hydrogen) atoms. The normalized spacial score (nSPS) is 29.1. The molecule has 0 aliphatic heterocycles. The molecule has 4 rings (SSSR count). The van der Waals surface area contributed by atoms with Crippen molar-refractivity contribution >= 4 is 18.7 Å². The zero-order valence-corrected chi connectivity index (χ0v) is 28.8. The van der Waals surface area contributed by atoms with Crippen LogP contribution in [-0.4, -0.2) is 25.6 Å². The van der Waals surface area contributed by atoms with Gasteiger partial charge in [-0.3, -0.25) is 0 Å². The van der Waals surface area contributed by atoms with E-state index in [4.69, 9.17) is 4.43 Å². The van der Waals surface area contributed by atoms with E-state index in [1.165, 1.54) is 29.6 Å². The first-order chi connectivity index (χ1) is 19.8. The Hall–Kier alpha value is -1.94. The van der Waals surface area contributed by atoms with Crippen LogP contribution >= 0.6 is 0 Å². The molecule has 0 aromatic heterocycles. The van der Waals surface area contributed by atoms with Gasteiger partial charge in [0.2, 0.25) is 0 Å². The van der Waals surface area contributed by atoms with E-state index in [9.17, 15) is 5.11 Å². The highest BCUT2D eigenvalue weighted by Crippen LogP contribution is 2.63. The molecule has 0 spiro atoms. The summed E-state index contributed by atoms with van der Waals surface area (Å²) in [6.07, 6.45) is 16.8. The molecule has 0 heterocycles. The third-order valence-electron chi connectivity index (χ3n) is 11.3. The highest BCUT2D eigenvalue weighted by atomic mass is 28.4. The minimum absolute atomic E-state index is 0.0151. The predicted molar refractivity (Wildman–Crippen MR) is 183 cm³/mol. The van der Waals surface area contributed by atoms with Gasteiger partial charge in [-0.1, -0.05) is 147 Å². The lowest BCUT2D eigenvalue weighted by molar-refractivity contribution is -0.211. The van der Waals surface area contributed by atoms with Gasteiger partial charge in [-0.25, -0.2) is 0 Å². The number of allylic oxidation sites excluding steroid dienone is 3. The molecule has 2 aliphatic rings. The van der Waals surface area contributed by atoms with Crippen LogP contribution in [0.5, 0.6) is 0 Å². The van der Waals surface area contributed by atoms with Crippen LogP contribution in [-0.2, 0) is 4.43 Å². The number of hydrogen-bond acceptors (Lipinski definition) is 2. The van der Waals surface area contributed by atoms with E-state index in [1.807, 2.05) is 0 Å². The van der Waals surface area contributed by atoms with Gasteiger partial charge in [-0.05, 0) is 82.5 Å². The molecule has 2 nitrogen and oxygen atoms in total. The van der Waals surface area contributed by atoms with E-state index in [0.717, 1.165) is 25.7 Å². The Bertz CT molecular complexity index is 1150. The van der Waals surface area contributed by atoms with Crippen molar-refractivity contribution in [1.82, 2.24) is 0 Å². The first-order valence-corrected chi connectivity index (χ1v) is 18.5. The Kier molecular flexibility index (Phi) is 10.2. The number of rotatable bonds is 10. The molecule has 2 aromatic rings. The maximum Gasteiger partial charge on any atom is 0.261 e. The summed E-state index contributed by atoms with van der Waals surface area (Å²) < 4.78 is 7.12. The Morgan fingerprint density at radius 3 is 2.10 bits per heavy atom. The maximum absolute atomic E-state index is 12.2. The second kappa shape index (κ2) is 13.0. The second-order valence-corrected chi connectivity index (χ2v) is 19.8. The molecule has 3 heteroatoms. The Morgan fingerprint density at radius 1 is 0.929 bits per heavy atom. The van der Waals surface area contributed by atoms with Crippen molar-refractivity contribution in [2.24, 2.45) is 28.6 Å². The van der Waals surface area contributed by atoms with Crippen LogP contribution in [0.1, 0.15) is 100 Å². The van der Waals surface area contributed by atoms with Crippen molar-refractivity contribution in [2.45, 2.75) is 111 Å². The zero-order valence-electron chi connectivity index (χ0n) is 27.8. The van der Waals surface area contributed by atoms with Crippen LogP contribution in [0.15, 0.2) is 85.0 Å². The summed E-state index contributed by atoms with van der Waals surface area (Å²) in [4.78, 5) is 0. The molecule has 0 bridgehead atoms. The summed E-state index contributed by atoms with van der Waals surface area (Å²) in [5.74, 6) is 1.26. The van der Waals surface area contributed by atoms with E-state index in [1.54, 1.807) is 0 Å². The number of benzene rings is 2. The SMILES string of the molecule is C[C@@H]1CC[C@H]2C(C)(C)CCC[C@]2(C)[C@@]1(O)CC/C=C/C=C/[C@H](C)CO[Si](c1ccccc1)(c1ccccc1)C(C)(C)C. The first kappa shape index (κ1) is 33.0. The summed E-state index contributed by atoms with van der Waals surface area (Å²) in [6.45, 7) is 19.5. The molecule has 2 saturated carbocycles. The fourth-order valence-corrected chi connectivity index (χ4v) is 13.6. The van der Waals surface area contributed by atoms with Crippen LogP contribution in [0, 0.1) is 28.6 Å². The quantitative estimate of drug-likeness (QED) is 0.222. The standard InChI is InChI=1S/C39H58O2Si/c1-31(30-41-42(36(3,4)5,33-21-14-11-15-22-33)34-23-16-12-17-24-34)20-13-9-10-18-29-39(40)32(2)25-26-35-37(6,7)27-19-28-38(35,39)8/h9-17,20-24,31-32,35,40H,18-19,25-30H2,1-8H3/b10-9+,20-13+/t31-,32+,35-,38-,39+/m0/s1. The van der Waals surface area contributed by atoms with Gasteiger partial charge in [0.25, 0.3) is 8.32 Å². The molecular weight excluding hydrogens is 529 g/mol.